The van der Waals surface area contributed by atoms with E-state index in [1.54, 1.807) is 7.05 Å². The monoisotopic (exact) mass is 835 g/mol. The van der Waals surface area contributed by atoms with Crippen molar-refractivity contribution in [1.29, 1.82) is 0 Å². The van der Waals surface area contributed by atoms with Crippen LogP contribution in [0.25, 0.3) is 0 Å². The molecule has 11 N–H and O–H groups in total. The van der Waals surface area contributed by atoms with Crippen LogP contribution in [0.4, 0.5) is 0 Å². The zero-order valence-corrected chi connectivity index (χ0v) is 33.2. The highest BCUT2D eigenvalue weighted by Gasteiger charge is 2.24. The van der Waals surface area contributed by atoms with Gasteiger partial charge in [-0.3, -0.25) is 33.6 Å². The summed E-state index contributed by atoms with van der Waals surface area (Å²) in [5.74, 6) is -6.66. The minimum atomic E-state index is -1.46. The number of carboxylic acid groups (broad SMARTS) is 3. The Balaban J connectivity index is 4.06. The summed E-state index contributed by atoms with van der Waals surface area (Å²) in [5.41, 5.74) is 5.33. The molecule has 4 atom stereocenters. The lowest BCUT2D eigenvalue weighted by Gasteiger charge is -2.17. The Morgan fingerprint density at radius 3 is 1.45 bits per heavy atom. The summed E-state index contributed by atoms with van der Waals surface area (Å²) in [7, 11) is 1.69. The molecule has 23 heteroatoms. The summed E-state index contributed by atoms with van der Waals surface area (Å²) in [5, 5.41) is 42.8. The molecule has 0 spiro atoms. The number of carbonyl (C=O) groups is 9. The Morgan fingerprint density at radius 1 is 0.500 bits per heavy atom. The fourth-order valence-electron chi connectivity index (χ4n) is 4.75. The summed E-state index contributed by atoms with van der Waals surface area (Å²) in [6.07, 6.45) is 0.770. The van der Waals surface area contributed by atoms with E-state index in [0.29, 0.717) is 25.8 Å². The zero-order chi connectivity index (χ0) is 43.7. The highest BCUT2D eigenvalue weighted by atomic mass is 16.5. The van der Waals surface area contributed by atoms with Crippen LogP contribution in [-0.4, -0.2) is 172 Å². The SMILES string of the molecule is CN[C@@H](CCCCNC(=O)CC[C@H](NC(=O)CC[C@H](NC(=O)COCCOCCNC(=O)COCCOCCNC(=O)CC[C@H](N)C(=O)O)C(=O)O)C(=O)O)C(C)=O. The molecule has 0 aromatic rings. The number of Topliss-reactive ketones (excluding diaryl/α,β-unsaturated/α-hetero) is 1. The molecule has 58 heavy (non-hydrogen) atoms. The molecule has 0 bridgehead atoms. The van der Waals surface area contributed by atoms with E-state index in [0.717, 1.165) is 0 Å². The van der Waals surface area contributed by atoms with Crippen LogP contribution in [0.1, 0.15) is 64.7 Å². The highest BCUT2D eigenvalue weighted by Crippen LogP contribution is 2.04. The number of nitrogens with two attached hydrogens (primary N) is 1. The van der Waals surface area contributed by atoms with E-state index in [1.807, 2.05) is 0 Å². The fraction of sp³-hybridized carbons (Fsp3) is 0.743. The number of carbonyl (C=O) groups excluding carboxylic acids is 6. The van der Waals surface area contributed by atoms with Gasteiger partial charge in [0.2, 0.25) is 29.5 Å². The highest BCUT2D eigenvalue weighted by molar-refractivity contribution is 5.87. The van der Waals surface area contributed by atoms with Crippen molar-refractivity contribution in [3.05, 3.63) is 0 Å². The third kappa shape index (κ3) is 29.4. The van der Waals surface area contributed by atoms with E-state index in [9.17, 15) is 53.4 Å². The van der Waals surface area contributed by atoms with Crippen molar-refractivity contribution in [3.63, 3.8) is 0 Å². The summed E-state index contributed by atoms with van der Waals surface area (Å²) < 4.78 is 20.9. The Hall–Kier alpha value is -4.81. The van der Waals surface area contributed by atoms with E-state index in [-0.39, 0.29) is 109 Å². The molecule has 0 aliphatic carbocycles. The number of rotatable bonds is 37. The third-order valence-corrected chi connectivity index (χ3v) is 8.01. The Bertz CT molecular complexity index is 1300. The van der Waals surface area contributed by atoms with Gasteiger partial charge >= 0.3 is 17.9 Å². The molecular weight excluding hydrogens is 774 g/mol. The number of carboxylic acids is 3. The second kappa shape index (κ2) is 33.2. The normalized spacial score (nSPS) is 12.9. The first kappa shape index (κ1) is 53.2. The van der Waals surface area contributed by atoms with Crippen LogP contribution >= 0.6 is 0 Å². The van der Waals surface area contributed by atoms with Crippen molar-refractivity contribution in [2.75, 3.05) is 79.5 Å². The van der Waals surface area contributed by atoms with Gasteiger partial charge in [-0.05, 0) is 52.5 Å². The van der Waals surface area contributed by atoms with Gasteiger partial charge in [0.1, 0.15) is 37.1 Å². The molecule has 0 unspecified atom stereocenters. The lowest BCUT2D eigenvalue weighted by atomic mass is 10.1. The van der Waals surface area contributed by atoms with Crippen molar-refractivity contribution in [1.82, 2.24) is 31.9 Å². The van der Waals surface area contributed by atoms with Crippen LogP contribution < -0.4 is 37.6 Å². The van der Waals surface area contributed by atoms with Crippen LogP contribution in [0.3, 0.4) is 0 Å². The van der Waals surface area contributed by atoms with Crippen LogP contribution in [0.2, 0.25) is 0 Å². The molecule has 332 valence electrons. The Kier molecular flexibility index (Phi) is 30.4. The quantitative estimate of drug-likeness (QED) is 0.0273. The van der Waals surface area contributed by atoms with Gasteiger partial charge in [0, 0.05) is 38.9 Å². The molecule has 0 aliphatic heterocycles. The zero-order valence-electron chi connectivity index (χ0n) is 33.2. The van der Waals surface area contributed by atoms with Gasteiger partial charge in [-0.1, -0.05) is 0 Å². The molecule has 0 radical (unpaired) electrons. The minimum Gasteiger partial charge on any atom is -0.480 e. The second-order valence-corrected chi connectivity index (χ2v) is 12.8. The van der Waals surface area contributed by atoms with Crippen molar-refractivity contribution in [3.8, 4) is 0 Å². The molecular formula is C35H61N7O16. The Morgan fingerprint density at radius 2 is 0.948 bits per heavy atom. The summed E-state index contributed by atoms with van der Waals surface area (Å²) in [6, 6.07) is -4.21. The molecule has 0 aliphatic rings. The fourth-order valence-corrected chi connectivity index (χ4v) is 4.75. The lowest BCUT2D eigenvalue weighted by Crippen LogP contribution is -2.45. The largest absolute Gasteiger partial charge is 0.480 e. The maximum Gasteiger partial charge on any atom is 0.326 e. The first-order chi connectivity index (χ1) is 27.6. The van der Waals surface area contributed by atoms with E-state index in [2.05, 4.69) is 31.9 Å². The Labute approximate surface area is 336 Å². The van der Waals surface area contributed by atoms with Gasteiger partial charge in [-0.25, -0.2) is 9.59 Å². The van der Waals surface area contributed by atoms with Gasteiger partial charge < -0.3 is 71.9 Å². The van der Waals surface area contributed by atoms with Crippen LogP contribution in [-0.2, 0) is 62.1 Å². The van der Waals surface area contributed by atoms with Crippen LogP contribution in [0, 0.1) is 0 Å². The number of ether oxygens (including phenoxy) is 4. The number of nitrogens with one attached hydrogen (secondary N) is 6. The third-order valence-electron chi connectivity index (χ3n) is 8.01. The smallest absolute Gasteiger partial charge is 0.326 e. The van der Waals surface area contributed by atoms with Gasteiger partial charge in [-0.2, -0.15) is 0 Å². The molecule has 0 fully saturated rings. The predicted octanol–water partition coefficient (Wildman–Crippen LogP) is -3.36. The van der Waals surface area contributed by atoms with Gasteiger partial charge in [0.15, 0.2) is 0 Å². The molecule has 23 nitrogen and oxygen atoms in total. The number of unbranched alkanes of at least 4 members (excludes halogenated alkanes) is 1. The first-order valence-corrected chi connectivity index (χ1v) is 18.9. The van der Waals surface area contributed by atoms with Crippen molar-refractivity contribution >= 4 is 53.2 Å². The van der Waals surface area contributed by atoms with E-state index in [1.165, 1.54) is 6.92 Å². The van der Waals surface area contributed by atoms with E-state index in [4.69, 9.17) is 29.8 Å². The molecule has 0 saturated heterocycles. The molecule has 0 rings (SSSR count). The topological polar surface area (TPSA) is 349 Å². The maximum absolute atomic E-state index is 12.4. The number of ketones is 1. The van der Waals surface area contributed by atoms with Crippen LogP contribution in [0.5, 0.6) is 0 Å². The molecule has 0 aromatic carbocycles. The first-order valence-electron chi connectivity index (χ1n) is 18.9. The van der Waals surface area contributed by atoms with Crippen molar-refractivity contribution in [2.45, 2.75) is 88.9 Å². The predicted molar refractivity (Wildman–Crippen MR) is 202 cm³/mol. The summed E-state index contributed by atoms with van der Waals surface area (Å²) >= 11 is 0. The van der Waals surface area contributed by atoms with Crippen LogP contribution in [0.15, 0.2) is 0 Å². The minimum absolute atomic E-state index is 0.0202. The number of hydrogen-bond acceptors (Lipinski definition) is 15. The molecule has 0 aromatic heterocycles. The number of hydrogen-bond donors (Lipinski definition) is 10. The summed E-state index contributed by atoms with van der Waals surface area (Å²) in [6.45, 7) is 2.12. The average Bonchev–Trinajstić information content (AvgIpc) is 3.16. The number of likely N-dealkylation sites (N-methyl/N-ethyl adjacent to an activating group) is 1. The van der Waals surface area contributed by atoms with Crippen molar-refractivity contribution in [2.24, 2.45) is 5.73 Å². The lowest BCUT2D eigenvalue weighted by molar-refractivity contribution is -0.144. The van der Waals surface area contributed by atoms with Gasteiger partial charge in [-0.15, -0.1) is 0 Å². The number of amides is 5. The molecule has 5 amide bonds. The molecule has 0 heterocycles. The average molecular weight is 836 g/mol. The maximum atomic E-state index is 12.4. The summed E-state index contributed by atoms with van der Waals surface area (Å²) in [4.78, 5) is 106. The molecule has 0 saturated carbocycles. The van der Waals surface area contributed by atoms with E-state index < -0.39 is 72.7 Å². The van der Waals surface area contributed by atoms with Gasteiger partial charge in [0.25, 0.3) is 0 Å². The second-order valence-electron chi connectivity index (χ2n) is 12.8. The van der Waals surface area contributed by atoms with Crippen molar-refractivity contribution < 1.29 is 77.4 Å². The van der Waals surface area contributed by atoms with E-state index >= 15 is 0 Å². The number of aliphatic carboxylic acids is 3. The standard InChI is InChI=1S/C35H61N7O16/c1-23(43)25(37-2)5-3-4-12-38-29(45)10-7-26(34(51)52)41-30(46)11-8-27(35(53)54)42-32(48)22-58-20-18-56-16-14-40-31(47)21-57-19-17-55-15-13-39-28(44)9-6-24(36)33(49)50/h24-27,37H,3-22,36H2,1-2H3,(H,38,45)(H,39,44)(H,40,47)(H,41,46)(H,42,48)(H,49,50)(H,51,52)(H,53,54)/t24-,25-,26-,27-/m0/s1. The van der Waals surface area contributed by atoms with Gasteiger partial charge in [0.05, 0.1) is 45.7 Å².